The molecule has 2 amide bonds. The van der Waals surface area contributed by atoms with Crippen molar-refractivity contribution < 1.29 is 33.7 Å². The summed E-state index contributed by atoms with van der Waals surface area (Å²) < 4.78 is 17.5. The average Bonchev–Trinajstić information content (AvgIpc) is 2.90. The lowest BCUT2D eigenvalue weighted by Crippen LogP contribution is -2.50. The molecule has 0 aromatic carbocycles. The largest absolute Gasteiger partial charge is 0.459 e. The van der Waals surface area contributed by atoms with E-state index in [4.69, 9.17) is 14.2 Å². The van der Waals surface area contributed by atoms with Gasteiger partial charge in [-0.1, -0.05) is 44.6 Å². The molecule has 9 heteroatoms. The van der Waals surface area contributed by atoms with Crippen LogP contribution in [-0.2, 0) is 28.6 Å². The van der Waals surface area contributed by atoms with Crippen LogP contribution in [0.2, 0.25) is 0 Å². The molecule has 0 unspecified atom stereocenters. The Morgan fingerprint density at radius 2 is 1.85 bits per heavy atom. The molecule has 0 bridgehead atoms. The van der Waals surface area contributed by atoms with Crippen LogP contribution < -0.4 is 10.6 Å². The molecule has 0 spiro atoms. The van der Waals surface area contributed by atoms with Crippen molar-refractivity contribution in [1.29, 1.82) is 0 Å². The van der Waals surface area contributed by atoms with Gasteiger partial charge in [0, 0.05) is 32.4 Å². The molecule has 0 aromatic heterocycles. The van der Waals surface area contributed by atoms with E-state index in [2.05, 4.69) is 23.6 Å². The molecule has 9 nitrogen and oxygen atoms in total. The number of rotatable bonds is 13. The molecular formula is C32H52N2O7. The topological polar surface area (TPSA) is 123 Å². The van der Waals surface area contributed by atoms with Crippen LogP contribution >= 0.6 is 0 Å². The van der Waals surface area contributed by atoms with Crippen molar-refractivity contribution in [2.45, 2.75) is 136 Å². The summed E-state index contributed by atoms with van der Waals surface area (Å²) in [5.41, 5.74) is 0.229. The zero-order chi connectivity index (χ0) is 30.6. The number of carbonyl (C=O) groups excluding carboxylic acids is 3. The SMILES string of the molecule is CCCNC(=O)C[C@@H]1C[C@@](O)(CC)C[C@@H](/C=C/C(C)=C/C[C@@H]2O[C@H](C)[C@H](NC(=O)/C=C\[C@H](C)OC(C)=O)C[C@@H]2C)O1. The Morgan fingerprint density at radius 3 is 2.51 bits per heavy atom. The summed E-state index contributed by atoms with van der Waals surface area (Å²) >= 11 is 0. The van der Waals surface area contributed by atoms with Crippen LogP contribution in [0, 0.1) is 5.92 Å². The van der Waals surface area contributed by atoms with Crippen molar-refractivity contribution in [3.05, 3.63) is 36.0 Å². The highest BCUT2D eigenvalue weighted by molar-refractivity contribution is 5.87. The van der Waals surface area contributed by atoms with Gasteiger partial charge in [0.15, 0.2) is 0 Å². The van der Waals surface area contributed by atoms with Crippen molar-refractivity contribution in [3.63, 3.8) is 0 Å². The van der Waals surface area contributed by atoms with Gasteiger partial charge in [-0.25, -0.2) is 0 Å². The number of hydrogen-bond donors (Lipinski definition) is 3. The first-order valence-electron chi connectivity index (χ1n) is 15.1. The fraction of sp³-hybridized carbons (Fsp3) is 0.719. The molecule has 232 valence electrons. The van der Waals surface area contributed by atoms with Crippen molar-refractivity contribution in [3.8, 4) is 0 Å². The van der Waals surface area contributed by atoms with E-state index in [0.29, 0.717) is 25.8 Å². The van der Waals surface area contributed by atoms with Crippen molar-refractivity contribution in [1.82, 2.24) is 10.6 Å². The second-order valence-electron chi connectivity index (χ2n) is 11.8. The van der Waals surface area contributed by atoms with E-state index in [9.17, 15) is 19.5 Å². The highest BCUT2D eigenvalue weighted by atomic mass is 16.5. The van der Waals surface area contributed by atoms with Gasteiger partial charge in [0.1, 0.15) is 6.10 Å². The average molecular weight is 577 g/mol. The zero-order valence-corrected chi connectivity index (χ0v) is 26.0. The third-order valence-corrected chi connectivity index (χ3v) is 7.86. The predicted octanol–water partition coefficient (Wildman–Crippen LogP) is 4.29. The summed E-state index contributed by atoms with van der Waals surface area (Å²) in [7, 11) is 0. The number of esters is 1. The Labute approximate surface area is 246 Å². The number of amides is 2. The lowest BCUT2D eigenvalue weighted by molar-refractivity contribution is -0.144. The molecule has 8 atom stereocenters. The maximum absolute atomic E-state index is 12.4. The van der Waals surface area contributed by atoms with E-state index in [1.54, 1.807) is 13.0 Å². The Kier molecular flexibility index (Phi) is 14.2. The minimum Gasteiger partial charge on any atom is -0.459 e. The van der Waals surface area contributed by atoms with Gasteiger partial charge >= 0.3 is 5.97 Å². The van der Waals surface area contributed by atoms with Gasteiger partial charge in [-0.05, 0) is 58.4 Å². The van der Waals surface area contributed by atoms with Crippen LogP contribution in [-0.4, -0.2) is 71.6 Å². The van der Waals surface area contributed by atoms with Gasteiger partial charge in [0.05, 0.1) is 42.5 Å². The molecule has 2 heterocycles. The van der Waals surface area contributed by atoms with E-state index in [1.165, 1.54) is 13.0 Å². The molecule has 0 radical (unpaired) electrons. The fourth-order valence-electron chi connectivity index (χ4n) is 5.39. The first-order chi connectivity index (χ1) is 19.3. The highest BCUT2D eigenvalue weighted by Crippen LogP contribution is 2.34. The van der Waals surface area contributed by atoms with Crippen LogP contribution in [0.5, 0.6) is 0 Å². The summed E-state index contributed by atoms with van der Waals surface area (Å²) in [4.78, 5) is 35.6. The Bertz CT molecular complexity index is 962. The molecule has 2 fully saturated rings. The second-order valence-corrected chi connectivity index (χ2v) is 11.8. The highest BCUT2D eigenvalue weighted by Gasteiger charge is 2.38. The molecule has 2 rings (SSSR count). The van der Waals surface area contributed by atoms with E-state index in [0.717, 1.165) is 24.8 Å². The minimum absolute atomic E-state index is 0.0307. The molecular weight excluding hydrogens is 524 g/mol. The molecule has 0 aromatic rings. The smallest absolute Gasteiger partial charge is 0.303 e. The number of hydrogen-bond acceptors (Lipinski definition) is 7. The first-order valence-corrected chi connectivity index (χ1v) is 15.1. The summed E-state index contributed by atoms with van der Waals surface area (Å²) in [6, 6.07) is -0.106. The lowest BCUT2D eigenvalue weighted by atomic mass is 9.83. The number of nitrogens with one attached hydrogen (secondary N) is 2. The Morgan fingerprint density at radius 1 is 1.12 bits per heavy atom. The lowest BCUT2D eigenvalue weighted by Gasteiger charge is -2.40. The molecule has 3 N–H and O–H groups in total. The van der Waals surface area contributed by atoms with Crippen LogP contribution in [0.15, 0.2) is 36.0 Å². The van der Waals surface area contributed by atoms with Crippen LogP contribution in [0.4, 0.5) is 0 Å². The summed E-state index contributed by atoms with van der Waals surface area (Å²) in [5, 5.41) is 16.9. The molecule has 2 aliphatic heterocycles. The van der Waals surface area contributed by atoms with E-state index < -0.39 is 11.7 Å². The monoisotopic (exact) mass is 576 g/mol. The molecule has 0 aliphatic carbocycles. The minimum atomic E-state index is -0.843. The maximum atomic E-state index is 12.4. The summed E-state index contributed by atoms with van der Waals surface area (Å²) in [6.45, 7) is 13.8. The normalized spacial score (nSPS) is 31.7. The summed E-state index contributed by atoms with van der Waals surface area (Å²) in [6.07, 6.45) is 12.2. The molecule has 2 aliphatic rings. The van der Waals surface area contributed by atoms with Gasteiger partial charge in [-0.3, -0.25) is 14.4 Å². The maximum Gasteiger partial charge on any atom is 0.303 e. The fourth-order valence-corrected chi connectivity index (χ4v) is 5.39. The molecule has 0 saturated carbocycles. The van der Waals surface area contributed by atoms with Gasteiger partial charge in [0.25, 0.3) is 0 Å². The number of allylic oxidation sites excluding steroid dienone is 2. The number of ether oxygens (including phenoxy) is 3. The first kappa shape index (κ1) is 34.7. The van der Waals surface area contributed by atoms with E-state index in [-0.39, 0.29) is 60.6 Å². The van der Waals surface area contributed by atoms with Gasteiger partial charge in [-0.15, -0.1) is 0 Å². The zero-order valence-electron chi connectivity index (χ0n) is 26.0. The van der Waals surface area contributed by atoms with E-state index in [1.807, 2.05) is 39.8 Å². The van der Waals surface area contributed by atoms with Crippen molar-refractivity contribution >= 4 is 17.8 Å². The van der Waals surface area contributed by atoms with Gasteiger partial charge in [0.2, 0.25) is 11.8 Å². The van der Waals surface area contributed by atoms with Gasteiger partial charge < -0.3 is 30.0 Å². The van der Waals surface area contributed by atoms with E-state index >= 15 is 0 Å². The third kappa shape index (κ3) is 12.5. The standard InChI is InChI=1S/C32H52N2O7/c1-8-16-33-31(37)18-27-20-32(38,9-2)19-26(41-27)13-10-21(3)11-14-29-22(4)17-28(24(6)40-29)34-30(36)15-12-23(5)39-25(7)35/h10-13,15,22-24,26-29,38H,8-9,14,16-20H2,1-7H3,(H,33,37)(H,34,36)/b13-10+,15-12-,21-11+/t22-,23-,24+,26+,27+,28+,29-,32+/m0/s1. The van der Waals surface area contributed by atoms with Crippen molar-refractivity contribution in [2.75, 3.05) is 6.54 Å². The predicted molar refractivity (Wildman–Crippen MR) is 159 cm³/mol. The number of aliphatic hydroxyl groups is 1. The quantitative estimate of drug-likeness (QED) is 0.170. The van der Waals surface area contributed by atoms with Crippen LogP contribution in [0.1, 0.15) is 93.4 Å². The Hall–Kier alpha value is -2.49. The van der Waals surface area contributed by atoms with Crippen molar-refractivity contribution in [2.24, 2.45) is 5.92 Å². The van der Waals surface area contributed by atoms with Crippen LogP contribution in [0.3, 0.4) is 0 Å². The summed E-state index contributed by atoms with van der Waals surface area (Å²) in [5.74, 6) is -0.423. The third-order valence-electron chi connectivity index (χ3n) is 7.86. The Balaban J connectivity index is 1.89. The van der Waals surface area contributed by atoms with Crippen LogP contribution in [0.25, 0.3) is 0 Å². The molecule has 41 heavy (non-hydrogen) atoms. The molecule has 2 saturated heterocycles. The number of carbonyl (C=O) groups is 3. The van der Waals surface area contributed by atoms with Gasteiger partial charge in [-0.2, -0.15) is 0 Å². The second kappa shape index (κ2) is 16.8.